The van der Waals surface area contributed by atoms with E-state index in [0.717, 1.165) is 31.7 Å². The number of para-hydroxylation sites is 1. The molecular weight excluding hydrogens is 335 g/mol. The maximum absolute atomic E-state index is 12.9. The van der Waals surface area contributed by atoms with Gasteiger partial charge in [0.15, 0.2) is 0 Å². The highest BCUT2D eigenvalue weighted by atomic mass is 19.4. The number of hydrogen-bond donors (Lipinski definition) is 2. The molecule has 0 unspecified atom stereocenters. The number of likely N-dealkylation sites (N-methyl/N-ethyl adjacent to an activating group) is 1. The molecule has 0 spiro atoms. The van der Waals surface area contributed by atoms with Crippen LogP contribution in [0.15, 0.2) is 24.3 Å². The Morgan fingerprint density at radius 1 is 1.12 bits per heavy atom. The zero-order chi connectivity index (χ0) is 18.4. The summed E-state index contributed by atoms with van der Waals surface area (Å²) in [6.45, 7) is -0.158. The zero-order valence-electron chi connectivity index (χ0n) is 14.0. The topological polar surface area (TPSA) is 61.4 Å². The number of hydrogen-bond acceptors (Lipinski definition) is 3. The van der Waals surface area contributed by atoms with Crippen molar-refractivity contribution in [2.75, 3.05) is 25.5 Å². The second-order valence-electron chi connectivity index (χ2n) is 6.31. The molecule has 1 aromatic rings. The number of nitrogens with zero attached hydrogens (tertiary/aromatic N) is 1. The molecule has 1 aliphatic rings. The highest BCUT2D eigenvalue weighted by Crippen LogP contribution is 2.34. The summed E-state index contributed by atoms with van der Waals surface area (Å²) < 4.78 is 38.7. The van der Waals surface area contributed by atoms with Gasteiger partial charge < -0.3 is 10.6 Å². The summed E-state index contributed by atoms with van der Waals surface area (Å²) in [5.74, 6) is -0.786. The van der Waals surface area contributed by atoms with Gasteiger partial charge in [-0.15, -0.1) is 0 Å². The Bertz CT molecular complexity index is 613. The van der Waals surface area contributed by atoms with Gasteiger partial charge in [-0.1, -0.05) is 25.0 Å². The Morgan fingerprint density at radius 3 is 2.36 bits per heavy atom. The summed E-state index contributed by atoms with van der Waals surface area (Å²) in [4.78, 5) is 25.3. The SMILES string of the molecule is CN(CC(=O)Nc1ccccc1C(F)(F)F)CC(=O)NC1CCCC1. The lowest BCUT2D eigenvalue weighted by Crippen LogP contribution is -2.42. The van der Waals surface area contributed by atoms with Gasteiger partial charge in [-0.3, -0.25) is 14.5 Å². The van der Waals surface area contributed by atoms with Crippen LogP contribution in [-0.2, 0) is 15.8 Å². The summed E-state index contributed by atoms with van der Waals surface area (Å²) in [6.07, 6.45) is -0.422. The van der Waals surface area contributed by atoms with Gasteiger partial charge in [-0.2, -0.15) is 13.2 Å². The predicted octanol–water partition coefficient (Wildman–Crippen LogP) is 2.63. The number of halogens is 3. The van der Waals surface area contributed by atoms with Gasteiger partial charge in [-0.05, 0) is 32.0 Å². The Labute approximate surface area is 144 Å². The van der Waals surface area contributed by atoms with Crippen molar-refractivity contribution in [3.05, 3.63) is 29.8 Å². The minimum absolute atomic E-state index is 0.0187. The van der Waals surface area contributed by atoms with Crippen LogP contribution in [0.1, 0.15) is 31.2 Å². The standard InChI is InChI=1S/C17H22F3N3O2/c1-23(10-15(24)21-12-6-2-3-7-12)11-16(25)22-14-9-5-4-8-13(14)17(18,19)20/h4-5,8-9,12H,2-3,6-7,10-11H2,1H3,(H,21,24)(H,22,25). The lowest BCUT2D eigenvalue weighted by atomic mass is 10.1. The highest BCUT2D eigenvalue weighted by Gasteiger charge is 2.33. The molecule has 0 aliphatic heterocycles. The summed E-state index contributed by atoms with van der Waals surface area (Å²) in [5.41, 5.74) is -1.19. The Morgan fingerprint density at radius 2 is 1.72 bits per heavy atom. The Balaban J connectivity index is 1.84. The minimum Gasteiger partial charge on any atom is -0.352 e. The molecule has 0 saturated heterocycles. The third kappa shape index (κ3) is 6.04. The van der Waals surface area contributed by atoms with E-state index in [2.05, 4.69) is 10.6 Å². The smallest absolute Gasteiger partial charge is 0.352 e. The van der Waals surface area contributed by atoms with Crippen LogP contribution in [0.2, 0.25) is 0 Å². The van der Waals surface area contributed by atoms with E-state index in [0.29, 0.717) is 0 Å². The number of alkyl halides is 3. The largest absolute Gasteiger partial charge is 0.418 e. The van der Waals surface area contributed by atoms with Crippen molar-refractivity contribution < 1.29 is 22.8 Å². The zero-order valence-corrected chi connectivity index (χ0v) is 14.0. The molecule has 1 fully saturated rings. The van der Waals surface area contributed by atoms with Crippen LogP contribution in [0, 0.1) is 0 Å². The van der Waals surface area contributed by atoms with Gasteiger partial charge in [0, 0.05) is 6.04 Å². The third-order valence-corrected chi connectivity index (χ3v) is 4.05. The van der Waals surface area contributed by atoms with E-state index in [9.17, 15) is 22.8 Å². The van der Waals surface area contributed by atoms with E-state index >= 15 is 0 Å². The molecule has 1 aromatic carbocycles. The van der Waals surface area contributed by atoms with Gasteiger partial charge in [0.25, 0.3) is 0 Å². The Kier molecular flexibility index (Phi) is 6.41. The highest BCUT2D eigenvalue weighted by molar-refractivity contribution is 5.93. The van der Waals surface area contributed by atoms with Crippen molar-refractivity contribution in [3.8, 4) is 0 Å². The van der Waals surface area contributed by atoms with E-state index in [1.807, 2.05) is 0 Å². The second kappa shape index (κ2) is 8.33. The lowest BCUT2D eigenvalue weighted by molar-refractivity contribution is -0.137. The van der Waals surface area contributed by atoms with Gasteiger partial charge in [-0.25, -0.2) is 0 Å². The van der Waals surface area contributed by atoms with Crippen LogP contribution < -0.4 is 10.6 Å². The number of carbonyl (C=O) groups is 2. The van der Waals surface area contributed by atoms with Crippen molar-refractivity contribution in [1.29, 1.82) is 0 Å². The summed E-state index contributed by atoms with van der Waals surface area (Å²) >= 11 is 0. The van der Waals surface area contributed by atoms with Crippen LogP contribution in [0.4, 0.5) is 18.9 Å². The van der Waals surface area contributed by atoms with Crippen LogP contribution in [-0.4, -0.2) is 42.9 Å². The van der Waals surface area contributed by atoms with E-state index < -0.39 is 17.6 Å². The fraction of sp³-hybridized carbons (Fsp3) is 0.529. The van der Waals surface area contributed by atoms with Crippen LogP contribution in [0.25, 0.3) is 0 Å². The Hall–Kier alpha value is -2.09. The second-order valence-corrected chi connectivity index (χ2v) is 6.31. The monoisotopic (exact) mass is 357 g/mol. The predicted molar refractivity (Wildman–Crippen MR) is 88.0 cm³/mol. The first-order valence-electron chi connectivity index (χ1n) is 8.19. The normalized spacial score (nSPS) is 15.4. The first kappa shape index (κ1) is 19.2. The van der Waals surface area contributed by atoms with Crippen molar-refractivity contribution in [3.63, 3.8) is 0 Å². The number of nitrogens with one attached hydrogen (secondary N) is 2. The number of amides is 2. The van der Waals surface area contributed by atoms with Crippen molar-refractivity contribution in [2.24, 2.45) is 0 Å². The number of anilines is 1. The fourth-order valence-electron chi connectivity index (χ4n) is 2.92. The molecule has 2 N–H and O–H groups in total. The third-order valence-electron chi connectivity index (χ3n) is 4.05. The first-order chi connectivity index (χ1) is 11.8. The molecule has 2 amide bonds. The molecule has 0 atom stereocenters. The average Bonchev–Trinajstić information content (AvgIpc) is 2.98. The molecule has 2 rings (SSSR count). The molecule has 0 aromatic heterocycles. The van der Waals surface area contributed by atoms with E-state index in [-0.39, 0.29) is 30.7 Å². The fourth-order valence-corrected chi connectivity index (χ4v) is 2.92. The van der Waals surface area contributed by atoms with Crippen LogP contribution in [0.5, 0.6) is 0 Å². The summed E-state index contributed by atoms with van der Waals surface area (Å²) in [7, 11) is 1.57. The molecule has 5 nitrogen and oxygen atoms in total. The molecule has 138 valence electrons. The number of carbonyl (C=O) groups excluding carboxylic acids is 2. The van der Waals surface area contributed by atoms with Crippen molar-refractivity contribution in [2.45, 2.75) is 37.9 Å². The number of rotatable bonds is 6. The van der Waals surface area contributed by atoms with E-state index in [1.54, 1.807) is 7.05 Å². The molecule has 25 heavy (non-hydrogen) atoms. The average molecular weight is 357 g/mol. The number of benzene rings is 1. The summed E-state index contributed by atoms with van der Waals surface area (Å²) in [6, 6.07) is 4.98. The van der Waals surface area contributed by atoms with Crippen LogP contribution in [0.3, 0.4) is 0 Å². The van der Waals surface area contributed by atoms with Crippen LogP contribution >= 0.6 is 0 Å². The maximum atomic E-state index is 12.9. The first-order valence-corrected chi connectivity index (χ1v) is 8.19. The lowest BCUT2D eigenvalue weighted by Gasteiger charge is -2.19. The van der Waals surface area contributed by atoms with Crippen molar-refractivity contribution >= 4 is 17.5 Å². The van der Waals surface area contributed by atoms with Crippen molar-refractivity contribution in [1.82, 2.24) is 10.2 Å². The van der Waals surface area contributed by atoms with Gasteiger partial charge in [0.2, 0.25) is 11.8 Å². The van der Waals surface area contributed by atoms with Gasteiger partial charge in [0.05, 0.1) is 24.3 Å². The minimum atomic E-state index is -4.54. The van der Waals surface area contributed by atoms with E-state index in [4.69, 9.17) is 0 Å². The molecule has 0 bridgehead atoms. The molecule has 8 heteroatoms. The molecule has 0 radical (unpaired) electrons. The van der Waals surface area contributed by atoms with Gasteiger partial charge >= 0.3 is 6.18 Å². The maximum Gasteiger partial charge on any atom is 0.418 e. The van der Waals surface area contributed by atoms with Gasteiger partial charge in [0.1, 0.15) is 0 Å². The summed E-state index contributed by atoms with van der Waals surface area (Å²) in [5, 5.41) is 5.16. The molecule has 1 saturated carbocycles. The quantitative estimate of drug-likeness (QED) is 0.823. The molecule has 0 heterocycles. The molecule has 1 aliphatic carbocycles. The molecular formula is C17H22F3N3O2. The van der Waals surface area contributed by atoms with E-state index in [1.165, 1.54) is 23.1 Å².